The fourth-order valence-electron chi connectivity index (χ4n) is 1.81. The number of hydrogen-bond acceptors (Lipinski definition) is 3. The van der Waals surface area contributed by atoms with Crippen LogP contribution in [0.4, 0.5) is 0 Å². The minimum Gasteiger partial charge on any atom is -0.472 e. The van der Waals surface area contributed by atoms with Gasteiger partial charge in [0.05, 0.1) is 11.8 Å². The lowest BCUT2D eigenvalue weighted by Gasteiger charge is -2.08. The molecule has 0 aliphatic heterocycles. The van der Waals surface area contributed by atoms with Gasteiger partial charge < -0.3 is 9.40 Å². The van der Waals surface area contributed by atoms with Gasteiger partial charge in [0, 0.05) is 11.3 Å². The minimum absolute atomic E-state index is 0.0706. The summed E-state index contributed by atoms with van der Waals surface area (Å²) in [5.74, 6) is 0.732. The van der Waals surface area contributed by atoms with Gasteiger partial charge in [-0.25, -0.2) is 4.98 Å². The minimum atomic E-state index is -0.0706. The summed E-state index contributed by atoms with van der Waals surface area (Å²) in [5.41, 5.74) is 2.23. The molecule has 2 rings (SSSR count). The van der Waals surface area contributed by atoms with E-state index in [0.29, 0.717) is 5.82 Å². The summed E-state index contributed by atoms with van der Waals surface area (Å²) in [5, 5.41) is 0. The van der Waals surface area contributed by atoms with E-state index < -0.39 is 0 Å². The van der Waals surface area contributed by atoms with E-state index in [1.165, 1.54) is 0 Å². The van der Waals surface area contributed by atoms with Crippen LogP contribution in [0.2, 0.25) is 0 Å². The first-order chi connectivity index (χ1) is 7.59. The molecule has 0 radical (unpaired) electrons. The van der Waals surface area contributed by atoms with Crippen molar-refractivity contribution in [2.75, 3.05) is 0 Å². The third-order valence-electron chi connectivity index (χ3n) is 2.52. The van der Waals surface area contributed by atoms with E-state index in [4.69, 9.17) is 4.42 Å². The molecule has 16 heavy (non-hydrogen) atoms. The number of furan rings is 1. The van der Waals surface area contributed by atoms with E-state index in [0.717, 1.165) is 16.8 Å². The predicted octanol–water partition coefficient (Wildman–Crippen LogP) is 2.46. The van der Waals surface area contributed by atoms with Gasteiger partial charge in [0.15, 0.2) is 0 Å². The van der Waals surface area contributed by atoms with Crippen LogP contribution < -0.4 is 5.56 Å². The van der Waals surface area contributed by atoms with Crippen LogP contribution in [-0.4, -0.2) is 9.97 Å². The van der Waals surface area contributed by atoms with Crippen LogP contribution in [0.5, 0.6) is 0 Å². The van der Waals surface area contributed by atoms with Gasteiger partial charge in [-0.1, -0.05) is 13.8 Å². The predicted molar refractivity (Wildman–Crippen MR) is 61.4 cm³/mol. The Morgan fingerprint density at radius 2 is 2.19 bits per heavy atom. The molecular formula is C12H14N2O2. The number of nitrogens with one attached hydrogen (secondary N) is 1. The largest absolute Gasteiger partial charge is 0.472 e. The first-order valence-electron chi connectivity index (χ1n) is 5.23. The highest BCUT2D eigenvalue weighted by Crippen LogP contribution is 2.17. The second-order valence-electron chi connectivity index (χ2n) is 4.08. The summed E-state index contributed by atoms with van der Waals surface area (Å²) in [4.78, 5) is 19.0. The molecule has 4 nitrogen and oxygen atoms in total. The van der Waals surface area contributed by atoms with Crippen LogP contribution in [-0.2, 0) is 0 Å². The second-order valence-corrected chi connectivity index (χ2v) is 4.08. The first kappa shape index (κ1) is 10.7. The Morgan fingerprint density at radius 1 is 1.44 bits per heavy atom. The number of hydrogen-bond donors (Lipinski definition) is 1. The number of H-pyrrole nitrogens is 1. The van der Waals surface area contributed by atoms with Crippen molar-refractivity contribution in [1.82, 2.24) is 9.97 Å². The van der Waals surface area contributed by atoms with Gasteiger partial charge in [0.2, 0.25) is 0 Å². The number of aromatic nitrogens is 2. The summed E-state index contributed by atoms with van der Waals surface area (Å²) in [7, 11) is 0. The molecular weight excluding hydrogens is 204 g/mol. The molecule has 0 saturated carbocycles. The third-order valence-corrected chi connectivity index (χ3v) is 2.52. The average molecular weight is 218 g/mol. The Labute approximate surface area is 93.3 Å². The standard InChI is InChI=1S/C12H14N2O2/c1-7(2)10-8(3)13-11(14-12(10)15)9-4-5-16-6-9/h4-7H,1-3H3,(H,13,14,15). The van der Waals surface area contributed by atoms with E-state index >= 15 is 0 Å². The monoisotopic (exact) mass is 218 g/mol. The van der Waals surface area contributed by atoms with Crippen LogP contribution >= 0.6 is 0 Å². The molecule has 0 aromatic carbocycles. The molecule has 0 fully saturated rings. The number of aromatic amines is 1. The van der Waals surface area contributed by atoms with Gasteiger partial charge in [-0.05, 0) is 18.9 Å². The van der Waals surface area contributed by atoms with Crippen molar-refractivity contribution in [1.29, 1.82) is 0 Å². The van der Waals surface area contributed by atoms with Gasteiger partial charge in [-0.2, -0.15) is 0 Å². The van der Waals surface area contributed by atoms with Crippen LogP contribution in [0.15, 0.2) is 27.8 Å². The maximum Gasteiger partial charge on any atom is 0.254 e. The smallest absolute Gasteiger partial charge is 0.254 e. The highest BCUT2D eigenvalue weighted by molar-refractivity contribution is 5.52. The van der Waals surface area contributed by atoms with Gasteiger partial charge in [0.1, 0.15) is 12.1 Å². The molecule has 84 valence electrons. The molecule has 0 atom stereocenters. The lowest BCUT2D eigenvalue weighted by Crippen LogP contribution is -2.18. The van der Waals surface area contributed by atoms with Gasteiger partial charge in [-0.3, -0.25) is 4.79 Å². The molecule has 4 heteroatoms. The molecule has 0 saturated heterocycles. The fraction of sp³-hybridized carbons (Fsp3) is 0.333. The number of aryl methyl sites for hydroxylation is 1. The molecule has 0 aliphatic rings. The van der Waals surface area contributed by atoms with Crippen LogP contribution in [0.1, 0.15) is 31.0 Å². The summed E-state index contributed by atoms with van der Waals surface area (Å²) in [6.45, 7) is 5.82. The zero-order valence-corrected chi connectivity index (χ0v) is 9.57. The van der Waals surface area contributed by atoms with Gasteiger partial charge in [-0.15, -0.1) is 0 Å². The molecule has 0 unspecified atom stereocenters. The summed E-state index contributed by atoms with van der Waals surface area (Å²) in [6, 6.07) is 1.77. The SMILES string of the molecule is Cc1nc(-c2ccoc2)[nH]c(=O)c1C(C)C. The van der Waals surface area contributed by atoms with E-state index in [1.807, 2.05) is 20.8 Å². The Balaban J connectivity index is 2.58. The number of rotatable bonds is 2. The normalized spacial score (nSPS) is 11.0. The third kappa shape index (κ3) is 1.78. The van der Waals surface area contributed by atoms with Crippen molar-refractivity contribution in [2.24, 2.45) is 0 Å². The van der Waals surface area contributed by atoms with Crippen molar-refractivity contribution in [2.45, 2.75) is 26.7 Å². The highest BCUT2D eigenvalue weighted by Gasteiger charge is 2.12. The lowest BCUT2D eigenvalue weighted by atomic mass is 10.0. The average Bonchev–Trinajstić information content (AvgIpc) is 2.67. The Bertz CT molecular complexity index is 539. The quantitative estimate of drug-likeness (QED) is 0.842. The number of nitrogens with zero attached hydrogens (tertiary/aromatic N) is 1. The second kappa shape index (κ2) is 3.96. The van der Waals surface area contributed by atoms with Crippen molar-refractivity contribution in [3.05, 3.63) is 40.2 Å². The van der Waals surface area contributed by atoms with E-state index in [9.17, 15) is 4.79 Å². The van der Waals surface area contributed by atoms with E-state index in [2.05, 4.69) is 9.97 Å². The maximum absolute atomic E-state index is 11.9. The maximum atomic E-state index is 11.9. The van der Waals surface area contributed by atoms with E-state index in [-0.39, 0.29) is 11.5 Å². The molecule has 2 heterocycles. The molecule has 0 aliphatic carbocycles. The van der Waals surface area contributed by atoms with Crippen LogP contribution in [0, 0.1) is 6.92 Å². The Hall–Kier alpha value is -1.84. The lowest BCUT2D eigenvalue weighted by molar-refractivity contribution is 0.568. The molecule has 2 aromatic rings. The molecule has 0 spiro atoms. The van der Waals surface area contributed by atoms with Gasteiger partial charge >= 0.3 is 0 Å². The topological polar surface area (TPSA) is 58.9 Å². The van der Waals surface area contributed by atoms with Crippen molar-refractivity contribution < 1.29 is 4.42 Å². The Morgan fingerprint density at radius 3 is 2.69 bits per heavy atom. The summed E-state index contributed by atoms with van der Waals surface area (Å²) in [6.07, 6.45) is 3.12. The van der Waals surface area contributed by atoms with Crippen LogP contribution in [0.25, 0.3) is 11.4 Å². The fourth-order valence-corrected chi connectivity index (χ4v) is 1.81. The summed E-state index contributed by atoms with van der Waals surface area (Å²) < 4.78 is 4.96. The zero-order chi connectivity index (χ0) is 11.7. The zero-order valence-electron chi connectivity index (χ0n) is 9.57. The van der Waals surface area contributed by atoms with Gasteiger partial charge in [0.25, 0.3) is 5.56 Å². The first-order valence-corrected chi connectivity index (χ1v) is 5.23. The highest BCUT2D eigenvalue weighted by atomic mass is 16.3. The van der Waals surface area contributed by atoms with Crippen molar-refractivity contribution in [3.63, 3.8) is 0 Å². The molecule has 0 bridgehead atoms. The molecule has 0 amide bonds. The molecule has 1 N–H and O–H groups in total. The Kier molecular flexibility index (Phi) is 2.64. The molecule has 2 aromatic heterocycles. The van der Waals surface area contributed by atoms with Crippen LogP contribution in [0.3, 0.4) is 0 Å². The summed E-state index contributed by atoms with van der Waals surface area (Å²) >= 11 is 0. The van der Waals surface area contributed by atoms with Crippen molar-refractivity contribution in [3.8, 4) is 11.4 Å². The van der Waals surface area contributed by atoms with E-state index in [1.54, 1.807) is 18.6 Å². The van der Waals surface area contributed by atoms with Crippen molar-refractivity contribution >= 4 is 0 Å².